The molecule has 0 aliphatic carbocycles. The van der Waals surface area contributed by atoms with Gasteiger partial charge in [-0.15, -0.1) is 0 Å². The summed E-state index contributed by atoms with van der Waals surface area (Å²) in [7, 11) is 0. The lowest BCUT2D eigenvalue weighted by atomic mass is 10.0. The van der Waals surface area contributed by atoms with E-state index in [4.69, 9.17) is 0 Å². The summed E-state index contributed by atoms with van der Waals surface area (Å²) in [5, 5.41) is 3.31. The average molecular weight is 160 g/mol. The van der Waals surface area contributed by atoms with E-state index in [9.17, 15) is 0 Å². The van der Waals surface area contributed by atoms with Gasteiger partial charge < -0.3 is 5.32 Å². The Balaban J connectivity index is 2.15. The molecule has 1 aliphatic rings. The Labute approximate surface area is 72.3 Å². The third kappa shape index (κ3) is 1.47. The van der Waals surface area contributed by atoms with E-state index in [1.165, 1.54) is 12.0 Å². The third-order valence-electron chi connectivity index (χ3n) is 2.12. The second-order valence-corrected chi connectivity index (χ2v) is 2.99. The van der Waals surface area contributed by atoms with Gasteiger partial charge in [0.05, 0.1) is 6.04 Å². The van der Waals surface area contributed by atoms with Gasteiger partial charge >= 0.3 is 0 Å². The first-order valence-corrected chi connectivity index (χ1v) is 4.28. The first kappa shape index (κ1) is 7.35. The fourth-order valence-electron chi connectivity index (χ4n) is 1.46. The average Bonchev–Trinajstić information content (AvgIpc) is 2.21. The molecule has 1 aromatic heterocycles. The highest BCUT2D eigenvalue weighted by atomic mass is 14.9. The largest absolute Gasteiger partial charge is 0.384 e. The molecule has 2 nitrogen and oxygen atoms in total. The molecule has 0 saturated heterocycles. The van der Waals surface area contributed by atoms with E-state index in [0.29, 0.717) is 6.04 Å². The first-order valence-electron chi connectivity index (χ1n) is 4.28. The summed E-state index contributed by atoms with van der Waals surface area (Å²) < 4.78 is 0. The van der Waals surface area contributed by atoms with Crippen molar-refractivity contribution in [1.29, 1.82) is 0 Å². The lowest BCUT2D eigenvalue weighted by molar-refractivity contribution is 0.551. The van der Waals surface area contributed by atoms with Crippen LogP contribution in [0.2, 0.25) is 0 Å². The summed E-state index contributed by atoms with van der Waals surface area (Å²) in [6, 6.07) is 4.56. The molecule has 1 N–H and O–H groups in total. The van der Waals surface area contributed by atoms with Crippen LogP contribution in [0.5, 0.6) is 0 Å². The van der Waals surface area contributed by atoms with Gasteiger partial charge in [-0.1, -0.05) is 12.1 Å². The van der Waals surface area contributed by atoms with Crippen molar-refractivity contribution in [2.45, 2.75) is 18.9 Å². The molecule has 1 aromatic rings. The van der Waals surface area contributed by atoms with Crippen LogP contribution < -0.4 is 5.32 Å². The Morgan fingerprint density at radius 2 is 2.50 bits per heavy atom. The lowest BCUT2D eigenvalue weighted by Gasteiger charge is -2.19. The Hall–Kier alpha value is -1.31. The molecule has 2 heteroatoms. The minimum absolute atomic E-state index is 0.462. The van der Waals surface area contributed by atoms with Gasteiger partial charge in [0, 0.05) is 12.4 Å². The minimum Gasteiger partial charge on any atom is -0.384 e. The van der Waals surface area contributed by atoms with Crippen LogP contribution in [0.1, 0.15) is 24.4 Å². The van der Waals surface area contributed by atoms with Crippen molar-refractivity contribution in [2.75, 3.05) is 0 Å². The van der Waals surface area contributed by atoms with Gasteiger partial charge in [0.15, 0.2) is 0 Å². The van der Waals surface area contributed by atoms with Crippen LogP contribution in [-0.2, 0) is 0 Å². The minimum atomic E-state index is 0.462. The van der Waals surface area contributed by atoms with E-state index in [-0.39, 0.29) is 0 Å². The van der Waals surface area contributed by atoms with Crippen LogP contribution in [0.25, 0.3) is 0 Å². The van der Waals surface area contributed by atoms with Gasteiger partial charge in [-0.05, 0) is 30.7 Å². The molecule has 1 unspecified atom stereocenters. The predicted molar refractivity (Wildman–Crippen MR) is 48.5 cm³/mol. The molecule has 0 amide bonds. The van der Waals surface area contributed by atoms with Crippen LogP contribution in [0.15, 0.2) is 36.8 Å². The Kier molecular flexibility index (Phi) is 2.08. The summed E-state index contributed by atoms with van der Waals surface area (Å²) in [6.45, 7) is 0. The number of hydrogen-bond donors (Lipinski definition) is 1. The van der Waals surface area contributed by atoms with E-state index >= 15 is 0 Å². The number of rotatable bonds is 1. The summed E-state index contributed by atoms with van der Waals surface area (Å²) in [5.74, 6) is 0. The molecule has 2 heterocycles. The monoisotopic (exact) mass is 160 g/mol. The van der Waals surface area contributed by atoms with Crippen LogP contribution in [-0.4, -0.2) is 4.98 Å². The van der Waals surface area contributed by atoms with Crippen LogP contribution in [0, 0.1) is 0 Å². The van der Waals surface area contributed by atoms with Crippen LogP contribution in [0.4, 0.5) is 0 Å². The van der Waals surface area contributed by atoms with Crippen molar-refractivity contribution < 1.29 is 0 Å². The second kappa shape index (κ2) is 3.39. The highest BCUT2D eigenvalue weighted by molar-refractivity contribution is 5.15. The third-order valence-corrected chi connectivity index (χ3v) is 2.12. The molecule has 1 atom stereocenters. The zero-order valence-electron chi connectivity index (χ0n) is 6.90. The van der Waals surface area contributed by atoms with Crippen molar-refractivity contribution >= 4 is 0 Å². The molecule has 0 spiro atoms. The Morgan fingerprint density at radius 1 is 1.50 bits per heavy atom. The number of hydrogen-bond acceptors (Lipinski definition) is 2. The highest BCUT2D eigenvalue weighted by Gasteiger charge is 2.10. The number of aromatic nitrogens is 1. The van der Waals surface area contributed by atoms with E-state index in [1.807, 2.05) is 24.7 Å². The fourth-order valence-corrected chi connectivity index (χ4v) is 1.46. The summed E-state index contributed by atoms with van der Waals surface area (Å²) in [4.78, 5) is 4.10. The topological polar surface area (TPSA) is 24.9 Å². The maximum absolute atomic E-state index is 4.10. The molecule has 1 aliphatic heterocycles. The van der Waals surface area contributed by atoms with Gasteiger partial charge in [-0.2, -0.15) is 0 Å². The molecular formula is C10H12N2. The smallest absolute Gasteiger partial charge is 0.0526 e. The van der Waals surface area contributed by atoms with Gasteiger partial charge in [0.2, 0.25) is 0 Å². The maximum Gasteiger partial charge on any atom is 0.0526 e. The fraction of sp³-hybridized carbons (Fsp3) is 0.300. The summed E-state index contributed by atoms with van der Waals surface area (Å²) in [6.07, 6.45) is 10.3. The van der Waals surface area contributed by atoms with Gasteiger partial charge in [-0.25, -0.2) is 0 Å². The van der Waals surface area contributed by atoms with Crippen LogP contribution >= 0.6 is 0 Å². The van der Waals surface area contributed by atoms with Crippen molar-refractivity contribution in [2.24, 2.45) is 0 Å². The summed E-state index contributed by atoms with van der Waals surface area (Å²) >= 11 is 0. The van der Waals surface area contributed by atoms with E-state index in [1.54, 1.807) is 0 Å². The van der Waals surface area contributed by atoms with Gasteiger partial charge in [0.1, 0.15) is 0 Å². The molecule has 0 radical (unpaired) electrons. The number of allylic oxidation sites excluding steroid dienone is 1. The molecule has 0 fully saturated rings. The van der Waals surface area contributed by atoms with E-state index < -0.39 is 0 Å². The first-order chi connectivity index (χ1) is 5.97. The van der Waals surface area contributed by atoms with Crippen molar-refractivity contribution in [3.05, 3.63) is 42.4 Å². The normalized spacial score (nSPS) is 21.8. The van der Waals surface area contributed by atoms with E-state index in [0.717, 1.165) is 6.42 Å². The number of pyridine rings is 1. The highest BCUT2D eigenvalue weighted by Crippen LogP contribution is 2.19. The van der Waals surface area contributed by atoms with E-state index in [2.05, 4.69) is 22.4 Å². The van der Waals surface area contributed by atoms with Crippen molar-refractivity contribution in [3.8, 4) is 0 Å². The molecule has 62 valence electrons. The number of nitrogens with zero attached hydrogens (tertiary/aromatic N) is 1. The number of nitrogens with one attached hydrogen (secondary N) is 1. The Bertz CT molecular complexity index is 266. The molecule has 0 aromatic carbocycles. The zero-order valence-corrected chi connectivity index (χ0v) is 6.90. The standard InChI is InChI=1S/C10H12N2/c1-2-7-12-10(5-1)9-4-3-6-11-8-9/h2-4,6-8,10,12H,1,5H2. The predicted octanol–water partition coefficient (Wildman–Crippen LogP) is 2.02. The Morgan fingerprint density at radius 3 is 3.17 bits per heavy atom. The SMILES string of the molecule is C1=CNC(c2cccnc2)CC1. The summed E-state index contributed by atoms with van der Waals surface area (Å²) in [5.41, 5.74) is 1.28. The van der Waals surface area contributed by atoms with Gasteiger partial charge in [-0.3, -0.25) is 4.98 Å². The zero-order chi connectivity index (χ0) is 8.23. The van der Waals surface area contributed by atoms with Crippen molar-refractivity contribution in [3.63, 3.8) is 0 Å². The molecule has 0 bridgehead atoms. The van der Waals surface area contributed by atoms with Gasteiger partial charge in [0.25, 0.3) is 0 Å². The quantitative estimate of drug-likeness (QED) is 0.679. The second-order valence-electron chi connectivity index (χ2n) is 2.99. The van der Waals surface area contributed by atoms with Crippen LogP contribution in [0.3, 0.4) is 0 Å². The van der Waals surface area contributed by atoms with Crippen molar-refractivity contribution in [1.82, 2.24) is 10.3 Å². The maximum atomic E-state index is 4.10. The lowest BCUT2D eigenvalue weighted by Crippen LogP contribution is -2.18. The molecule has 2 rings (SSSR count). The molecule has 12 heavy (non-hydrogen) atoms. The molecular weight excluding hydrogens is 148 g/mol. The molecule has 0 saturated carbocycles.